The number of hydrogen-bond donors (Lipinski definition) is 3. The molecule has 38 valence electrons. The first-order valence-corrected chi connectivity index (χ1v) is 0.775. The lowest BCUT2D eigenvalue weighted by Crippen LogP contribution is -2.07. The smallest absolute Gasteiger partial charge is 0.412 e. The molecule has 0 aromatic heterocycles. The topological polar surface area (TPSA) is 92.2 Å². The van der Waals surface area contributed by atoms with Crippen LogP contribution in [0.4, 0.5) is 0 Å². The average molecular weight is 110 g/mol. The summed E-state index contributed by atoms with van der Waals surface area (Å²) < 4.78 is 0. The molecule has 4 nitrogen and oxygen atoms in total. The highest BCUT2D eigenvalue weighted by Crippen LogP contribution is 1.40. The van der Waals surface area contributed by atoms with Crippen LogP contribution in [0.5, 0.6) is 0 Å². The standard InChI is InChI=1S/Al.BH3O3.H2O.3H/c;2-1(3)4;;;;/h;2-4H;1H2;;;. The van der Waals surface area contributed by atoms with Gasteiger partial charge in [-0.1, -0.05) is 0 Å². The molecular formula is H8AlBO4. The first kappa shape index (κ1) is 16.1. The summed E-state index contributed by atoms with van der Waals surface area (Å²) in [6, 6.07) is 0. The minimum absolute atomic E-state index is 0. The molecule has 6 heavy (non-hydrogen) atoms. The Labute approximate surface area is 46.0 Å². The molecule has 6 heteroatoms. The molecule has 0 fully saturated rings. The van der Waals surface area contributed by atoms with Gasteiger partial charge in [0.1, 0.15) is 0 Å². The van der Waals surface area contributed by atoms with Crippen molar-refractivity contribution in [1.82, 2.24) is 0 Å². The van der Waals surface area contributed by atoms with Crippen LogP contribution in [0.15, 0.2) is 0 Å². The van der Waals surface area contributed by atoms with Crippen molar-refractivity contribution in [2.75, 3.05) is 0 Å². The van der Waals surface area contributed by atoms with E-state index in [1.54, 1.807) is 0 Å². The van der Waals surface area contributed by atoms with Crippen LogP contribution >= 0.6 is 0 Å². The Morgan fingerprint density at radius 1 is 1.00 bits per heavy atom. The molecule has 0 aliphatic carbocycles. The molecular weight excluding hydrogens is 102 g/mol. The van der Waals surface area contributed by atoms with E-state index in [9.17, 15) is 0 Å². The van der Waals surface area contributed by atoms with E-state index in [2.05, 4.69) is 0 Å². The molecule has 5 N–H and O–H groups in total. The third kappa shape index (κ3) is 274. The van der Waals surface area contributed by atoms with Crippen LogP contribution in [0.1, 0.15) is 0 Å². The van der Waals surface area contributed by atoms with Crippen LogP contribution in [-0.2, 0) is 0 Å². The predicted octanol–water partition coefficient (Wildman–Crippen LogP) is -4.06. The third-order valence-electron chi connectivity index (χ3n) is 0. The van der Waals surface area contributed by atoms with Crippen molar-refractivity contribution >= 4 is 24.7 Å². The Balaban J connectivity index is -0.0000000450. The van der Waals surface area contributed by atoms with Crippen molar-refractivity contribution in [1.29, 1.82) is 0 Å². The van der Waals surface area contributed by atoms with Gasteiger partial charge in [0.25, 0.3) is 0 Å². The molecule has 0 aliphatic rings. The van der Waals surface area contributed by atoms with Gasteiger partial charge in [-0.3, -0.25) is 0 Å². The largest absolute Gasteiger partial charge is 0.631 e. The van der Waals surface area contributed by atoms with Crippen LogP contribution < -0.4 is 0 Å². The molecule has 0 atom stereocenters. The Hall–Kier alpha value is 0.437. The molecule has 0 rings (SSSR count). The first-order valence-electron chi connectivity index (χ1n) is 0.775. The number of hydrogen-bond acceptors (Lipinski definition) is 3. The second-order valence-electron chi connectivity index (χ2n) is 0.346. The van der Waals surface area contributed by atoms with Gasteiger partial charge in [0.05, 0.1) is 0 Å². The Morgan fingerprint density at radius 3 is 1.00 bits per heavy atom. The van der Waals surface area contributed by atoms with Gasteiger partial charge in [0.2, 0.25) is 0 Å². The molecule has 0 aromatic rings. The zero-order valence-corrected chi connectivity index (χ0v) is 2.42. The van der Waals surface area contributed by atoms with Crippen molar-refractivity contribution in [3.05, 3.63) is 0 Å². The minimum atomic E-state index is -2.17. The van der Waals surface area contributed by atoms with E-state index in [1.165, 1.54) is 0 Å². The lowest BCUT2D eigenvalue weighted by atomic mass is 10.3. The molecule has 0 amide bonds. The third-order valence-corrected chi connectivity index (χ3v) is 0. The van der Waals surface area contributed by atoms with Crippen molar-refractivity contribution < 1.29 is 20.5 Å². The first-order chi connectivity index (χ1) is 1.73. The fourth-order valence-corrected chi connectivity index (χ4v) is 0. The van der Waals surface area contributed by atoms with E-state index in [0.29, 0.717) is 0 Å². The van der Waals surface area contributed by atoms with E-state index in [0.717, 1.165) is 0 Å². The van der Waals surface area contributed by atoms with Crippen LogP contribution in [-0.4, -0.2) is 45.2 Å². The molecule has 0 saturated carbocycles. The second kappa shape index (κ2) is 9.06. The van der Waals surface area contributed by atoms with Gasteiger partial charge in [-0.15, -0.1) is 0 Å². The molecule has 0 bridgehead atoms. The molecule has 0 saturated heterocycles. The molecule has 0 aliphatic heterocycles. The van der Waals surface area contributed by atoms with Crippen LogP contribution in [0.2, 0.25) is 0 Å². The highest BCUT2D eigenvalue weighted by Gasteiger charge is 1.92. The zero-order chi connectivity index (χ0) is 3.58. The highest BCUT2D eigenvalue weighted by atomic mass is 27.0. The molecule has 0 aromatic carbocycles. The number of rotatable bonds is 0. The minimum Gasteiger partial charge on any atom is -0.412 e. The predicted molar refractivity (Wildman–Crippen MR) is 26.0 cm³/mol. The van der Waals surface area contributed by atoms with Gasteiger partial charge in [0.15, 0.2) is 17.4 Å². The summed E-state index contributed by atoms with van der Waals surface area (Å²) in [5.41, 5.74) is 0. The summed E-state index contributed by atoms with van der Waals surface area (Å²) in [6.07, 6.45) is 0. The zero-order valence-electron chi connectivity index (χ0n) is 2.42. The molecule has 0 radical (unpaired) electrons. The summed E-state index contributed by atoms with van der Waals surface area (Å²) in [7, 11) is -2.17. The fourth-order valence-electron chi connectivity index (χ4n) is 0. The molecule has 0 unspecified atom stereocenters. The molecule has 0 spiro atoms. The van der Waals surface area contributed by atoms with Crippen molar-refractivity contribution in [2.45, 2.75) is 0 Å². The summed E-state index contributed by atoms with van der Waals surface area (Å²) in [6.45, 7) is 0. The van der Waals surface area contributed by atoms with Crippen molar-refractivity contribution in [3.8, 4) is 0 Å². The van der Waals surface area contributed by atoms with E-state index in [-0.39, 0.29) is 22.8 Å². The summed E-state index contributed by atoms with van der Waals surface area (Å²) >= 11 is 0. The molecule has 0 heterocycles. The van der Waals surface area contributed by atoms with Crippen LogP contribution in [0, 0.1) is 0 Å². The maximum Gasteiger partial charge on any atom is 0.631 e. The van der Waals surface area contributed by atoms with E-state index in [4.69, 9.17) is 15.1 Å². The van der Waals surface area contributed by atoms with Crippen molar-refractivity contribution in [3.63, 3.8) is 0 Å². The van der Waals surface area contributed by atoms with E-state index < -0.39 is 7.32 Å². The average Bonchev–Trinajstić information content (AvgIpc) is 0.811. The van der Waals surface area contributed by atoms with Gasteiger partial charge >= 0.3 is 7.32 Å². The highest BCUT2D eigenvalue weighted by molar-refractivity contribution is 6.30. The monoisotopic (exact) mass is 110 g/mol. The quantitative estimate of drug-likeness (QED) is 0.277. The van der Waals surface area contributed by atoms with Gasteiger partial charge < -0.3 is 20.5 Å². The summed E-state index contributed by atoms with van der Waals surface area (Å²) in [5, 5.41) is 21.5. The maximum absolute atomic E-state index is 7.17. The van der Waals surface area contributed by atoms with Gasteiger partial charge in [0, 0.05) is 0 Å². The van der Waals surface area contributed by atoms with Crippen LogP contribution in [0.3, 0.4) is 0 Å². The van der Waals surface area contributed by atoms with Gasteiger partial charge in [-0.05, 0) is 0 Å². The van der Waals surface area contributed by atoms with Gasteiger partial charge in [-0.25, -0.2) is 0 Å². The summed E-state index contributed by atoms with van der Waals surface area (Å²) in [4.78, 5) is 0. The summed E-state index contributed by atoms with van der Waals surface area (Å²) in [5.74, 6) is 0. The SMILES string of the molecule is O.OB(O)O.[AlH3]. The Kier molecular flexibility index (Phi) is 24.3. The van der Waals surface area contributed by atoms with E-state index in [1.807, 2.05) is 0 Å². The Bertz CT molecular complexity index is 12.3. The van der Waals surface area contributed by atoms with Gasteiger partial charge in [-0.2, -0.15) is 0 Å². The lowest BCUT2D eigenvalue weighted by Gasteiger charge is -1.69. The second-order valence-corrected chi connectivity index (χ2v) is 0.346. The van der Waals surface area contributed by atoms with E-state index >= 15 is 0 Å². The lowest BCUT2D eigenvalue weighted by molar-refractivity contribution is 0.278. The van der Waals surface area contributed by atoms with Crippen molar-refractivity contribution in [2.24, 2.45) is 0 Å². The normalized spacial score (nSPS) is 4.50. The maximum atomic E-state index is 7.17. The fraction of sp³-hybridized carbons (Fsp3) is 0. The Morgan fingerprint density at radius 2 is 1.00 bits per heavy atom. The van der Waals surface area contributed by atoms with Crippen LogP contribution in [0.25, 0.3) is 0 Å².